The summed E-state index contributed by atoms with van der Waals surface area (Å²) in [7, 11) is 0. The van der Waals surface area contributed by atoms with Crippen molar-refractivity contribution in [2.24, 2.45) is 5.92 Å². The minimum atomic E-state index is 0.0916. The van der Waals surface area contributed by atoms with Crippen LogP contribution in [0.25, 0.3) is 11.1 Å². The Kier molecular flexibility index (Phi) is 3.87. The molecular weight excluding hydrogens is 234 g/mol. The molecule has 0 amide bonds. The fraction of sp³-hybridized carbons (Fsp3) is 0.235. The van der Waals surface area contributed by atoms with Crippen LogP contribution in [0.4, 0.5) is 0 Å². The van der Waals surface area contributed by atoms with Crippen LogP contribution in [0.3, 0.4) is 0 Å². The van der Waals surface area contributed by atoms with Crippen molar-refractivity contribution < 1.29 is 5.11 Å². The van der Waals surface area contributed by atoms with E-state index in [9.17, 15) is 5.11 Å². The Morgan fingerprint density at radius 3 is 2.53 bits per heavy atom. The van der Waals surface area contributed by atoms with Gasteiger partial charge in [-0.05, 0) is 47.7 Å². The summed E-state index contributed by atoms with van der Waals surface area (Å²) in [6.45, 7) is 4.20. The Morgan fingerprint density at radius 1 is 1.11 bits per heavy atom. The molecule has 0 bridgehead atoms. The molecule has 2 rings (SSSR count). The van der Waals surface area contributed by atoms with Crippen LogP contribution >= 0.6 is 0 Å². The maximum atomic E-state index is 11.8. The van der Waals surface area contributed by atoms with Gasteiger partial charge in [0.25, 0.3) is 0 Å². The topological polar surface area (TPSA) is 43.7 Å². The van der Waals surface area contributed by atoms with Gasteiger partial charge in [0.15, 0.2) is 5.75 Å². The van der Waals surface area contributed by atoms with Crippen molar-refractivity contribution in [3.05, 3.63) is 53.6 Å². The van der Waals surface area contributed by atoms with Gasteiger partial charge in [-0.2, -0.15) is 5.26 Å². The van der Waals surface area contributed by atoms with E-state index in [1.165, 1.54) is 0 Å². The third-order valence-corrected chi connectivity index (χ3v) is 3.01. The minimum absolute atomic E-state index is 0.0916. The van der Waals surface area contributed by atoms with Gasteiger partial charge >= 0.3 is 0 Å². The molecule has 0 saturated carbocycles. The van der Waals surface area contributed by atoms with Gasteiger partial charge in [0.2, 0.25) is 0 Å². The van der Waals surface area contributed by atoms with Crippen LogP contribution in [-0.2, 0) is 11.5 Å². The average molecular weight is 250 g/mol. The van der Waals surface area contributed by atoms with Gasteiger partial charge < -0.3 is 0 Å². The molecule has 0 aromatic heterocycles. The first-order valence-corrected chi connectivity index (χ1v) is 6.40. The Hall–Kier alpha value is -2.27. The van der Waals surface area contributed by atoms with Crippen molar-refractivity contribution in [1.82, 2.24) is 0 Å². The molecule has 2 heteroatoms. The summed E-state index contributed by atoms with van der Waals surface area (Å²) < 4.78 is 0. The minimum Gasteiger partial charge on any atom is -0.290 e. The molecule has 0 aliphatic carbocycles. The largest absolute Gasteiger partial charge is 0.290 e. The predicted molar refractivity (Wildman–Crippen MR) is 75.3 cm³/mol. The van der Waals surface area contributed by atoms with E-state index >= 15 is 0 Å². The van der Waals surface area contributed by atoms with Crippen molar-refractivity contribution in [3.8, 4) is 22.9 Å². The first kappa shape index (κ1) is 13.2. The second-order valence-electron chi connectivity index (χ2n) is 5.11. The molecule has 0 atom stereocenters. The molecule has 2 aromatic rings. The molecule has 0 aliphatic rings. The van der Waals surface area contributed by atoms with Gasteiger partial charge in [-0.15, -0.1) is 0 Å². The first-order chi connectivity index (χ1) is 9.10. The third kappa shape index (κ3) is 3.14. The van der Waals surface area contributed by atoms with E-state index < -0.39 is 0 Å². The van der Waals surface area contributed by atoms with Crippen molar-refractivity contribution in [3.63, 3.8) is 0 Å². The van der Waals surface area contributed by atoms with Crippen LogP contribution in [-0.4, -0.2) is 0 Å². The highest BCUT2D eigenvalue weighted by Crippen LogP contribution is 2.28. The van der Waals surface area contributed by atoms with Crippen molar-refractivity contribution in [2.45, 2.75) is 20.3 Å². The number of hydrogen-bond acceptors (Lipinski definition) is 1. The van der Waals surface area contributed by atoms with Gasteiger partial charge in [-0.25, -0.2) is 0 Å². The van der Waals surface area contributed by atoms with E-state index in [1.807, 2.05) is 30.3 Å². The molecule has 0 N–H and O–H groups in total. The maximum absolute atomic E-state index is 11.8. The molecule has 19 heavy (non-hydrogen) atoms. The Labute approximate surface area is 114 Å². The van der Waals surface area contributed by atoms with Crippen LogP contribution in [0.15, 0.2) is 42.5 Å². The number of benzene rings is 2. The summed E-state index contributed by atoms with van der Waals surface area (Å²) >= 11 is 0. The summed E-state index contributed by atoms with van der Waals surface area (Å²) in [5.41, 5.74) is 3.44. The van der Waals surface area contributed by atoms with E-state index in [4.69, 9.17) is 5.26 Å². The van der Waals surface area contributed by atoms with Gasteiger partial charge in [0.1, 0.15) is 0 Å². The second kappa shape index (κ2) is 5.58. The van der Waals surface area contributed by atoms with Crippen LogP contribution in [0, 0.1) is 17.2 Å². The Bertz CT molecular complexity index is 623. The number of hydrogen-bond donors (Lipinski definition) is 0. The molecular formula is C17H16NO. The molecule has 0 aliphatic heterocycles. The molecule has 95 valence electrons. The lowest BCUT2D eigenvalue weighted by Crippen LogP contribution is -1.94. The van der Waals surface area contributed by atoms with Crippen LogP contribution < -0.4 is 0 Å². The fourth-order valence-electron chi connectivity index (χ4n) is 2.13. The van der Waals surface area contributed by atoms with Crippen LogP contribution in [0.2, 0.25) is 0 Å². The van der Waals surface area contributed by atoms with Crippen LogP contribution in [0.5, 0.6) is 5.75 Å². The SMILES string of the molecule is CC(C)Cc1cc(-c2cccc(C#N)c2)ccc1[O]. The van der Waals surface area contributed by atoms with Gasteiger partial charge in [0.05, 0.1) is 11.6 Å². The van der Waals surface area contributed by atoms with Crippen molar-refractivity contribution >= 4 is 0 Å². The quantitative estimate of drug-likeness (QED) is 0.787. The molecule has 0 spiro atoms. The fourth-order valence-corrected chi connectivity index (χ4v) is 2.13. The lowest BCUT2D eigenvalue weighted by Gasteiger charge is -2.09. The monoisotopic (exact) mass is 250 g/mol. The van der Waals surface area contributed by atoms with Crippen molar-refractivity contribution in [2.75, 3.05) is 0 Å². The standard InChI is InChI=1S/C17H16NO/c1-12(2)8-16-10-15(6-7-17(16)19)14-5-3-4-13(9-14)11-18/h3-7,9-10,12H,8H2,1-2H3. The molecule has 0 unspecified atom stereocenters. The highest BCUT2D eigenvalue weighted by atomic mass is 16.3. The van der Waals surface area contributed by atoms with Crippen molar-refractivity contribution in [1.29, 1.82) is 5.26 Å². The lowest BCUT2D eigenvalue weighted by atomic mass is 9.96. The molecule has 0 saturated heterocycles. The van der Waals surface area contributed by atoms with E-state index in [1.54, 1.807) is 12.1 Å². The molecule has 2 nitrogen and oxygen atoms in total. The molecule has 0 heterocycles. The zero-order valence-electron chi connectivity index (χ0n) is 11.2. The summed E-state index contributed by atoms with van der Waals surface area (Å²) in [5, 5.41) is 20.7. The zero-order valence-corrected chi connectivity index (χ0v) is 11.2. The molecule has 2 aromatic carbocycles. The average Bonchev–Trinajstić information content (AvgIpc) is 2.41. The van der Waals surface area contributed by atoms with Gasteiger partial charge in [0, 0.05) is 5.56 Å². The Morgan fingerprint density at radius 2 is 1.84 bits per heavy atom. The van der Waals surface area contributed by atoms with Gasteiger partial charge in [-0.1, -0.05) is 32.0 Å². The highest BCUT2D eigenvalue weighted by Gasteiger charge is 2.08. The number of rotatable bonds is 3. The zero-order chi connectivity index (χ0) is 13.8. The summed E-state index contributed by atoms with van der Waals surface area (Å²) in [5.74, 6) is 0.544. The second-order valence-corrected chi connectivity index (χ2v) is 5.11. The van der Waals surface area contributed by atoms with Crippen LogP contribution in [0.1, 0.15) is 25.0 Å². The van der Waals surface area contributed by atoms with E-state index in [-0.39, 0.29) is 5.75 Å². The van der Waals surface area contributed by atoms with E-state index in [0.29, 0.717) is 11.5 Å². The molecule has 1 radical (unpaired) electrons. The smallest absolute Gasteiger partial charge is 0.181 e. The maximum Gasteiger partial charge on any atom is 0.181 e. The van der Waals surface area contributed by atoms with Gasteiger partial charge in [-0.3, -0.25) is 5.11 Å². The first-order valence-electron chi connectivity index (χ1n) is 6.40. The number of nitriles is 1. The third-order valence-electron chi connectivity index (χ3n) is 3.01. The lowest BCUT2D eigenvalue weighted by molar-refractivity contribution is 0.348. The summed E-state index contributed by atoms with van der Waals surface area (Å²) in [4.78, 5) is 0. The molecule has 0 fully saturated rings. The highest BCUT2D eigenvalue weighted by molar-refractivity contribution is 5.67. The Balaban J connectivity index is 2.42. The summed E-state index contributed by atoms with van der Waals surface area (Å²) in [6, 6.07) is 15.0. The summed E-state index contributed by atoms with van der Waals surface area (Å²) in [6.07, 6.45) is 0.782. The predicted octanol–water partition coefficient (Wildman–Crippen LogP) is 4.57. The van der Waals surface area contributed by atoms with E-state index in [0.717, 1.165) is 23.1 Å². The normalized spacial score (nSPS) is 10.4. The number of nitrogens with zero attached hydrogens (tertiary/aromatic N) is 1. The van der Waals surface area contributed by atoms with E-state index in [2.05, 4.69) is 19.9 Å².